The molecule has 1 aromatic carbocycles. The molecule has 1 aliphatic carbocycles. The maximum absolute atomic E-state index is 5.91. The van der Waals surface area contributed by atoms with E-state index in [1.54, 1.807) is 0 Å². The molecule has 3 rings (SSSR count). The van der Waals surface area contributed by atoms with Crippen LogP contribution < -0.4 is 11.1 Å². The number of guanidine groups is 1. The summed E-state index contributed by atoms with van der Waals surface area (Å²) in [4.78, 5) is 8.58. The second-order valence-electron chi connectivity index (χ2n) is 5.93. The Morgan fingerprint density at radius 3 is 3.00 bits per heavy atom. The Morgan fingerprint density at radius 2 is 2.27 bits per heavy atom. The second kappa shape index (κ2) is 6.17. The lowest BCUT2D eigenvalue weighted by atomic mass is 10.0. The van der Waals surface area contributed by atoms with Gasteiger partial charge in [0.05, 0.1) is 0 Å². The van der Waals surface area contributed by atoms with E-state index in [4.69, 9.17) is 10.3 Å². The van der Waals surface area contributed by atoms with E-state index in [9.17, 15) is 0 Å². The van der Waals surface area contributed by atoms with E-state index in [-0.39, 0.29) is 0 Å². The highest BCUT2D eigenvalue weighted by atomic mass is 16.5. The fourth-order valence-electron chi connectivity index (χ4n) is 2.15. The lowest BCUT2D eigenvalue weighted by Gasteiger charge is -2.09. The van der Waals surface area contributed by atoms with Crippen molar-refractivity contribution in [1.82, 2.24) is 10.1 Å². The molecule has 0 radical (unpaired) electrons. The number of anilines is 1. The number of nitrogens with two attached hydrogens (primary N) is 1. The van der Waals surface area contributed by atoms with Gasteiger partial charge in [-0.25, -0.2) is 4.99 Å². The van der Waals surface area contributed by atoms with E-state index in [2.05, 4.69) is 46.4 Å². The number of hydrogen-bond acceptors (Lipinski definition) is 4. The maximum Gasteiger partial charge on any atom is 0.229 e. The van der Waals surface area contributed by atoms with E-state index >= 15 is 0 Å². The molecule has 1 saturated carbocycles. The molecule has 1 fully saturated rings. The van der Waals surface area contributed by atoms with Crippen molar-refractivity contribution in [2.24, 2.45) is 10.7 Å². The molecule has 0 atom stereocenters. The molecular formula is C16H21N5O. The van der Waals surface area contributed by atoms with Gasteiger partial charge >= 0.3 is 0 Å². The van der Waals surface area contributed by atoms with Crippen LogP contribution in [0.5, 0.6) is 0 Å². The molecular weight excluding hydrogens is 278 g/mol. The Balaban J connectivity index is 1.60. The summed E-state index contributed by atoms with van der Waals surface area (Å²) in [6.45, 7) is 4.63. The zero-order valence-corrected chi connectivity index (χ0v) is 12.9. The van der Waals surface area contributed by atoms with Crippen LogP contribution in [0.25, 0.3) is 0 Å². The Bertz CT molecular complexity index is 673. The summed E-state index contributed by atoms with van der Waals surface area (Å²) < 4.78 is 5.19. The first-order valence-corrected chi connectivity index (χ1v) is 7.61. The number of benzene rings is 1. The molecule has 6 heteroatoms. The van der Waals surface area contributed by atoms with Crippen LogP contribution in [0.2, 0.25) is 0 Å². The highest BCUT2D eigenvalue weighted by Gasteiger charge is 2.29. The standard InChI is InChI=1S/C16H21N5O/c1-10(2)12-4-3-5-13(8-12)19-16(17)18-9-14-20-15(22-21-14)11-6-7-11/h3-5,8,10-11H,6-7,9H2,1-2H3,(H3,17,18,19). The van der Waals surface area contributed by atoms with Crippen molar-refractivity contribution in [2.45, 2.75) is 45.1 Å². The highest BCUT2D eigenvalue weighted by Crippen LogP contribution is 2.38. The zero-order valence-electron chi connectivity index (χ0n) is 12.9. The maximum atomic E-state index is 5.91. The molecule has 0 spiro atoms. The van der Waals surface area contributed by atoms with Crippen LogP contribution in [0, 0.1) is 0 Å². The minimum absolute atomic E-state index is 0.318. The van der Waals surface area contributed by atoms with Gasteiger partial charge in [0.2, 0.25) is 5.89 Å². The minimum atomic E-state index is 0.318. The van der Waals surface area contributed by atoms with Gasteiger partial charge in [-0.1, -0.05) is 31.1 Å². The number of nitrogens with zero attached hydrogens (tertiary/aromatic N) is 3. The number of aromatic nitrogens is 2. The van der Waals surface area contributed by atoms with Crippen LogP contribution in [0.15, 0.2) is 33.8 Å². The molecule has 3 N–H and O–H groups in total. The zero-order chi connectivity index (χ0) is 15.5. The summed E-state index contributed by atoms with van der Waals surface area (Å²) in [7, 11) is 0. The van der Waals surface area contributed by atoms with Crippen molar-refractivity contribution < 1.29 is 4.52 Å². The molecule has 2 aromatic rings. The van der Waals surface area contributed by atoms with Gasteiger partial charge in [0.1, 0.15) is 6.54 Å². The topological polar surface area (TPSA) is 89.3 Å². The Morgan fingerprint density at radius 1 is 1.45 bits per heavy atom. The van der Waals surface area contributed by atoms with Crippen LogP contribution in [0.3, 0.4) is 0 Å². The average molecular weight is 299 g/mol. The third-order valence-corrected chi connectivity index (χ3v) is 3.63. The van der Waals surface area contributed by atoms with Gasteiger partial charge < -0.3 is 15.6 Å². The van der Waals surface area contributed by atoms with Crippen molar-refractivity contribution in [3.05, 3.63) is 41.5 Å². The molecule has 1 aliphatic rings. The first-order chi connectivity index (χ1) is 10.6. The second-order valence-corrected chi connectivity index (χ2v) is 5.93. The van der Waals surface area contributed by atoms with Crippen molar-refractivity contribution in [3.8, 4) is 0 Å². The monoisotopic (exact) mass is 299 g/mol. The molecule has 6 nitrogen and oxygen atoms in total. The van der Waals surface area contributed by atoms with Gasteiger partial charge in [0.15, 0.2) is 11.8 Å². The lowest BCUT2D eigenvalue weighted by Crippen LogP contribution is -2.22. The smallest absolute Gasteiger partial charge is 0.229 e. The molecule has 0 amide bonds. The molecule has 0 unspecified atom stereocenters. The first-order valence-electron chi connectivity index (χ1n) is 7.61. The Hall–Kier alpha value is -2.37. The average Bonchev–Trinajstić information content (AvgIpc) is 3.24. The van der Waals surface area contributed by atoms with Crippen LogP contribution in [0.1, 0.15) is 55.8 Å². The quantitative estimate of drug-likeness (QED) is 0.654. The van der Waals surface area contributed by atoms with Crippen molar-refractivity contribution >= 4 is 11.6 Å². The fourth-order valence-corrected chi connectivity index (χ4v) is 2.15. The van der Waals surface area contributed by atoms with Gasteiger partial charge in [-0.2, -0.15) is 4.98 Å². The largest absolute Gasteiger partial charge is 0.370 e. The lowest BCUT2D eigenvalue weighted by molar-refractivity contribution is 0.374. The summed E-state index contributed by atoms with van der Waals surface area (Å²) in [5.74, 6) is 2.57. The summed E-state index contributed by atoms with van der Waals surface area (Å²) in [6, 6.07) is 8.15. The summed E-state index contributed by atoms with van der Waals surface area (Å²) in [5.41, 5.74) is 8.10. The molecule has 1 heterocycles. The van der Waals surface area contributed by atoms with Crippen LogP contribution >= 0.6 is 0 Å². The summed E-state index contributed by atoms with van der Waals surface area (Å²) in [5, 5.41) is 7.01. The van der Waals surface area contributed by atoms with E-state index in [0.717, 1.165) is 24.4 Å². The van der Waals surface area contributed by atoms with Crippen molar-refractivity contribution in [1.29, 1.82) is 0 Å². The van der Waals surface area contributed by atoms with Gasteiger partial charge in [0.25, 0.3) is 0 Å². The van der Waals surface area contributed by atoms with Gasteiger partial charge in [0, 0.05) is 11.6 Å². The normalized spacial score (nSPS) is 15.3. The Labute approximate surface area is 129 Å². The first kappa shape index (κ1) is 14.6. The third kappa shape index (κ3) is 3.63. The van der Waals surface area contributed by atoms with Crippen molar-refractivity contribution in [2.75, 3.05) is 5.32 Å². The molecule has 22 heavy (non-hydrogen) atoms. The van der Waals surface area contributed by atoms with Gasteiger partial charge in [-0.3, -0.25) is 0 Å². The van der Waals surface area contributed by atoms with E-state index in [0.29, 0.717) is 30.2 Å². The number of aliphatic imine (C=N–C) groups is 1. The van der Waals surface area contributed by atoms with E-state index in [1.807, 2.05) is 12.1 Å². The summed E-state index contributed by atoms with van der Waals surface area (Å²) in [6.07, 6.45) is 2.28. The molecule has 116 valence electrons. The van der Waals surface area contributed by atoms with Gasteiger partial charge in [-0.05, 0) is 36.5 Å². The van der Waals surface area contributed by atoms with Gasteiger partial charge in [-0.15, -0.1) is 0 Å². The van der Waals surface area contributed by atoms with Crippen molar-refractivity contribution in [3.63, 3.8) is 0 Å². The molecule has 0 aliphatic heterocycles. The predicted molar refractivity (Wildman–Crippen MR) is 85.8 cm³/mol. The van der Waals surface area contributed by atoms with Crippen LogP contribution in [-0.4, -0.2) is 16.1 Å². The molecule has 0 saturated heterocycles. The summed E-state index contributed by atoms with van der Waals surface area (Å²) >= 11 is 0. The number of rotatable bonds is 5. The van der Waals surface area contributed by atoms with Crippen LogP contribution in [0.4, 0.5) is 5.69 Å². The molecule has 1 aromatic heterocycles. The minimum Gasteiger partial charge on any atom is -0.370 e. The Kier molecular flexibility index (Phi) is 4.09. The third-order valence-electron chi connectivity index (χ3n) is 3.63. The predicted octanol–water partition coefficient (Wildman–Crippen LogP) is 3.00. The van der Waals surface area contributed by atoms with E-state index in [1.165, 1.54) is 5.56 Å². The van der Waals surface area contributed by atoms with E-state index < -0.39 is 0 Å². The number of nitrogens with one attached hydrogen (secondary N) is 1. The fraction of sp³-hybridized carbons (Fsp3) is 0.438. The SMILES string of the molecule is CC(C)c1cccc(NC(N)=NCc2noc(C3CC3)n2)c1. The highest BCUT2D eigenvalue weighted by molar-refractivity contribution is 5.92. The number of hydrogen-bond donors (Lipinski definition) is 2. The van der Waals surface area contributed by atoms with Crippen LogP contribution in [-0.2, 0) is 6.54 Å². The molecule has 0 bridgehead atoms.